The van der Waals surface area contributed by atoms with Crippen molar-refractivity contribution in [3.8, 4) is 0 Å². The predicted molar refractivity (Wildman–Crippen MR) is 79.3 cm³/mol. The summed E-state index contributed by atoms with van der Waals surface area (Å²) in [6.45, 7) is 3.58. The molecule has 1 aromatic rings. The Labute approximate surface area is 113 Å². The lowest BCUT2D eigenvalue weighted by Crippen LogP contribution is -2.39. The van der Waals surface area contributed by atoms with Gasteiger partial charge in [-0.25, -0.2) is 0 Å². The third kappa shape index (κ3) is 5.00. The van der Waals surface area contributed by atoms with Crippen molar-refractivity contribution in [3.63, 3.8) is 0 Å². The van der Waals surface area contributed by atoms with Crippen molar-refractivity contribution in [3.05, 3.63) is 22.4 Å². The first-order chi connectivity index (χ1) is 8.34. The fraction of sp³-hybridized carbons (Fsp3) is 0.692. The highest BCUT2D eigenvalue weighted by Gasteiger charge is 2.13. The van der Waals surface area contributed by atoms with E-state index in [1.54, 1.807) is 0 Å². The second-order valence-electron chi connectivity index (χ2n) is 4.65. The number of nitrogens with one attached hydrogen (secondary N) is 1. The van der Waals surface area contributed by atoms with Gasteiger partial charge in [-0.1, -0.05) is 6.07 Å². The Hall–Kier alpha value is -0.0300. The van der Waals surface area contributed by atoms with Crippen LogP contribution in [0, 0.1) is 0 Å². The van der Waals surface area contributed by atoms with Crippen LogP contribution in [0.15, 0.2) is 17.5 Å². The van der Waals surface area contributed by atoms with Crippen molar-refractivity contribution in [1.82, 2.24) is 10.2 Å². The molecule has 1 saturated heterocycles. The van der Waals surface area contributed by atoms with Crippen LogP contribution in [-0.4, -0.2) is 49.1 Å². The van der Waals surface area contributed by atoms with E-state index in [2.05, 4.69) is 46.5 Å². The molecule has 2 heterocycles. The summed E-state index contributed by atoms with van der Waals surface area (Å²) >= 11 is 3.96. The molecule has 1 N–H and O–H groups in total. The van der Waals surface area contributed by atoms with Crippen LogP contribution in [0.2, 0.25) is 0 Å². The normalized spacial score (nSPS) is 20.9. The number of thioether (sulfide) groups is 1. The standard InChI is InChI=1S/C13H22N2S2/c1-15(8-5-13-3-2-9-17-13)7-4-12-11-16-10-6-14-12/h2-3,9,12,14H,4-8,10-11H2,1H3. The second-order valence-corrected chi connectivity index (χ2v) is 6.83. The van der Waals surface area contributed by atoms with Crippen LogP contribution < -0.4 is 5.32 Å². The molecule has 1 atom stereocenters. The molecule has 0 aromatic carbocycles. The average molecular weight is 270 g/mol. The molecule has 96 valence electrons. The Morgan fingerprint density at radius 1 is 1.47 bits per heavy atom. The van der Waals surface area contributed by atoms with Gasteiger partial charge < -0.3 is 10.2 Å². The van der Waals surface area contributed by atoms with Crippen molar-refractivity contribution in [2.75, 3.05) is 38.2 Å². The lowest BCUT2D eigenvalue weighted by molar-refractivity contribution is 0.316. The fourth-order valence-corrected chi connectivity index (χ4v) is 3.75. The van der Waals surface area contributed by atoms with E-state index >= 15 is 0 Å². The molecule has 0 radical (unpaired) electrons. The van der Waals surface area contributed by atoms with E-state index < -0.39 is 0 Å². The fourth-order valence-electron chi connectivity index (χ4n) is 2.05. The van der Waals surface area contributed by atoms with Gasteiger partial charge in [0.2, 0.25) is 0 Å². The zero-order valence-corrected chi connectivity index (χ0v) is 12.2. The number of likely N-dealkylation sites (N-methyl/N-ethyl adjacent to an activating group) is 1. The van der Waals surface area contributed by atoms with Gasteiger partial charge >= 0.3 is 0 Å². The van der Waals surface area contributed by atoms with Crippen LogP contribution in [-0.2, 0) is 6.42 Å². The summed E-state index contributed by atoms with van der Waals surface area (Å²) in [6, 6.07) is 5.11. The zero-order valence-electron chi connectivity index (χ0n) is 10.5. The maximum absolute atomic E-state index is 3.60. The van der Waals surface area contributed by atoms with Gasteiger partial charge in [0.15, 0.2) is 0 Å². The largest absolute Gasteiger partial charge is 0.312 e. The van der Waals surface area contributed by atoms with E-state index in [1.165, 1.54) is 48.9 Å². The first kappa shape index (κ1) is 13.4. The zero-order chi connectivity index (χ0) is 11.9. The van der Waals surface area contributed by atoms with Crippen molar-refractivity contribution in [1.29, 1.82) is 0 Å². The molecule has 1 aliphatic heterocycles. The quantitative estimate of drug-likeness (QED) is 0.854. The summed E-state index contributed by atoms with van der Waals surface area (Å²) in [5.74, 6) is 2.57. The Kier molecular flexibility index (Phi) is 5.85. The second kappa shape index (κ2) is 7.41. The maximum atomic E-state index is 3.60. The number of nitrogens with zero attached hydrogens (tertiary/aromatic N) is 1. The Morgan fingerprint density at radius 3 is 3.12 bits per heavy atom. The predicted octanol–water partition coefficient (Wildman–Crippen LogP) is 2.32. The lowest BCUT2D eigenvalue weighted by Gasteiger charge is -2.25. The minimum Gasteiger partial charge on any atom is -0.312 e. The maximum Gasteiger partial charge on any atom is 0.0170 e. The van der Waals surface area contributed by atoms with Crippen LogP contribution in [0.1, 0.15) is 11.3 Å². The SMILES string of the molecule is CN(CCc1cccs1)CCC1CSCCN1. The summed E-state index contributed by atoms with van der Waals surface area (Å²) in [5.41, 5.74) is 0. The topological polar surface area (TPSA) is 15.3 Å². The molecule has 4 heteroatoms. The molecule has 0 aliphatic carbocycles. The van der Waals surface area contributed by atoms with Crippen molar-refractivity contribution in [2.24, 2.45) is 0 Å². The summed E-state index contributed by atoms with van der Waals surface area (Å²) < 4.78 is 0. The average Bonchev–Trinajstić information content (AvgIpc) is 2.88. The molecule has 0 spiro atoms. The van der Waals surface area contributed by atoms with Crippen molar-refractivity contribution >= 4 is 23.1 Å². The highest BCUT2D eigenvalue weighted by atomic mass is 32.2. The van der Waals surface area contributed by atoms with Gasteiger partial charge in [0, 0.05) is 35.5 Å². The third-order valence-electron chi connectivity index (χ3n) is 3.18. The van der Waals surface area contributed by atoms with E-state index in [4.69, 9.17) is 0 Å². The minimum absolute atomic E-state index is 0.734. The summed E-state index contributed by atoms with van der Waals surface area (Å²) in [5, 5.41) is 5.76. The van der Waals surface area contributed by atoms with Crippen LogP contribution in [0.3, 0.4) is 0 Å². The van der Waals surface area contributed by atoms with Crippen molar-refractivity contribution < 1.29 is 0 Å². The molecule has 2 rings (SSSR count). The van der Waals surface area contributed by atoms with Crippen LogP contribution >= 0.6 is 23.1 Å². The van der Waals surface area contributed by atoms with E-state index in [1.807, 2.05) is 11.3 Å². The van der Waals surface area contributed by atoms with Gasteiger partial charge in [-0.2, -0.15) is 11.8 Å². The molecule has 0 saturated carbocycles. The van der Waals surface area contributed by atoms with Crippen LogP contribution in [0.25, 0.3) is 0 Å². The van der Waals surface area contributed by atoms with E-state index in [0.29, 0.717) is 0 Å². The van der Waals surface area contributed by atoms with Gasteiger partial charge in [-0.3, -0.25) is 0 Å². The molecule has 0 bridgehead atoms. The summed E-state index contributed by atoms with van der Waals surface area (Å²) in [4.78, 5) is 3.96. The Bertz CT molecular complexity index is 294. The summed E-state index contributed by atoms with van der Waals surface area (Å²) in [7, 11) is 2.24. The molecule has 0 amide bonds. The number of rotatable bonds is 6. The van der Waals surface area contributed by atoms with Crippen molar-refractivity contribution in [2.45, 2.75) is 18.9 Å². The van der Waals surface area contributed by atoms with Gasteiger partial charge in [0.05, 0.1) is 0 Å². The monoisotopic (exact) mass is 270 g/mol. The first-order valence-electron chi connectivity index (χ1n) is 6.36. The molecule has 1 unspecified atom stereocenters. The van der Waals surface area contributed by atoms with E-state index in [9.17, 15) is 0 Å². The van der Waals surface area contributed by atoms with Gasteiger partial charge in [-0.05, 0) is 37.9 Å². The first-order valence-corrected chi connectivity index (χ1v) is 8.40. The molecule has 1 fully saturated rings. The highest BCUT2D eigenvalue weighted by Crippen LogP contribution is 2.12. The van der Waals surface area contributed by atoms with Crippen LogP contribution in [0.5, 0.6) is 0 Å². The Morgan fingerprint density at radius 2 is 2.41 bits per heavy atom. The molecule has 2 nitrogen and oxygen atoms in total. The highest BCUT2D eigenvalue weighted by molar-refractivity contribution is 7.99. The number of hydrogen-bond acceptors (Lipinski definition) is 4. The van der Waals surface area contributed by atoms with Gasteiger partial charge in [0.25, 0.3) is 0 Å². The minimum atomic E-state index is 0.734. The molecular weight excluding hydrogens is 248 g/mol. The molecule has 1 aromatic heterocycles. The lowest BCUT2D eigenvalue weighted by atomic mass is 10.2. The molecule has 1 aliphatic rings. The number of hydrogen-bond donors (Lipinski definition) is 1. The van der Waals surface area contributed by atoms with Gasteiger partial charge in [0.1, 0.15) is 0 Å². The molecule has 17 heavy (non-hydrogen) atoms. The van der Waals surface area contributed by atoms with E-state index in [0.717, 1.165) is 6.04 Å². The smallest absolute Gasteiger partial charge is 0.0170 e. The van der Waals surface area contributed by atoms with Gasteiger partial charge in [-0.15, -0.1) is 11.3 Å². The Balaban J connectivity index is 1.58. The molecular formula is C13H22N2S2. The number of thiophene rings is 1. The van der Waals surface area contributed by atoms with E-state index in [-0.39, 0.29) is 0 Å². The van der Waals surface area contributed by atoms with Crippen LogP contribution in [0.4, 0.5) is 0 Å². The third-order valence-corrected chi connectivity index (χ3v) is 5.24. The summed E-state index contributed by atoms with van der Waals surface area (Å²) in [6.07, 6.45) is 2.48.